The predicted octanol–water partition coefficient (Wildman–Crippen LogP) is 3.86. The first-order valence-corrected chi connectivity index (χ1v) is 8.77. The molecular weight excluding hydrogens is 370 g/mol. The molecule has 2 aromatic rings. The Morgan fingerprint density at radius 1 is 1.07 bits per heavy atom. The number of carbonyl (C=O) groups is 2. The van der Waals surface area contributed by atoms with Crippen molar-refractivity contribution in [3.05, 3.63) is 53.1 Å². The lowest BCUT2D eigenvalue weighted by atomic mass is 10.1. The Bertz CT molecular complexity index is 786. The molecule has 1 amide bonds. The van der Waals surface area contributed by atoms with Crippen molar-refractivity contribution in [2.24, 2.45) is 0 Å². The molecule has 0 heterocycles. The number of ether oxygens (including phenoxy) is 3. The number of hydrogen-bond donors (Lipinski definition) is 1. The number of anilines is 1. The van der Waals surface area contributed by atoms with E-state index in [0.29, 0.717) is 28.6 Å². The second-order valence-electron chi connectivity index (χ2n) is 5.82. The molecule has 0 fully saturated rings. The summed E-state index contributed by atoms with van der Waals surface area (Å²) in [7, 11) is 3.12. The summed E-state index contributed by atoms with van der Waals surface area (Å²) in [6, 6.07) is 12.2. The van der Waals surface area contributed by atoms with Gasteiger partial charge in [-0.1, -0.05) is 23.7 Å². The topological polar surface area (TPSA) is 73.9 Å². The monoisotopic (exact) mass is 391 g/mol. The minimum absolute atomic E-state index is 0.125. The highest BCUT2D eigenvalue weighted by Crippen LogP contribution is 2.23. The van der Waals surface area contributed by atoms with Crippen LogP contribution < -0.4 is 14.8 Å². The number of nitrogens with one attached hydrogen (secondary N) is 1. The summed E-state index contributed by atoms with van der Waals surface area (Å²) in [5.41, 5.74) is 1.34. The van der Waals surface area contributed by atoms with E-state index < -0.39 is 18.0 Å². The molecule has 0 saturated heterocycles. The Labute approximate surface area is 163 Å². The zero-order valence-corrected chi connectivity index (χ0v) is 16.2. The van der Waals surface area contributed by atoms with E-state index in [1.54, 1.807) is 44.6 Å². The number of rotatable bonds is 8. The van der Waals surface area contributed by atoms with Gasteiger partial charge in [-0.05, 0) is 43.2 Å². The number of benzene rings is 2. The van der Waals surface area contributed by atoms with Gasteiger partial charge in [-0.15, -0.1) is 0 Å². The molecule has 2 aromatic carbocycles. The Kier molecular flexibility index (Phi) is 7.49. The molecule has 0 saturated carbocycles. The lowest BCUT2D eigenvalue weighted by Crippen LogP contribution is -2.30. The summed E-state index contributed by atoms with van der Waals surface area (Å²) in [6.45, 7) is 1.51. The summed E-state index contributed by atoms with van der Waals surface area (Å²) in [6.07, 6.45) is -0.376. The maximum atomic E-state index is 12.2. The Morgan fingerprint density at radius 3 is 2.30 bits per heavy atom. The van der Waals surface area contributed by atoms with E-state index in [1.165, 1.54) is 6.92 Å². The van der Waals surface area contributed by atoms with Crippen molar-refractivity contribution < 1.29 is 23.8 Å². The number of halogens is 1. The number of methoxy groups -OCH3 is 2. The van der Waals surface area contributed by atoms with E-state index in [1.807, 2.05) is 12.1 Å². The molecule has 144 valence electrons. The van der Waals surface area contributed by atoms with Crippen molar-refractivity contribution in [2.75, 3.05) is 19.5 Å². The third kappa shape index (κ3) is 6.18. The van der Waals surface area contributed by atoms with E-state index in [0.717, 1.165) is 5.56 Å². The summed E-state index contributed by atoms with van der Waals surface area (Å²) in [5.74, 6) is 0.369. The lowest BCUT2D eigenvalue weighted by molar-refractivity contribution is -0.153. The highest BCUT2D eigenvalue weighted by Gasteiger charge is 2.18. The Balaban J connectivity index is 1.88. The fourth-order valence-corrected chi connectivity index (χ4v) is 2.55. The summed E-state index contributed by atoms with van der Waals surface area (Å²) < 4.78 is 15.6. The number of amides is 1. The molecular formula is C20H22ClNO5. The first-order valence-electron chi connectivity index (χ1n) is 8.39. The minimum Gasteiger partial charge on any atom is -0.497 e. The van der Waals surface area contributed by atoms with Crippen LogP contribution in [0.25, 0.3) is 0 Å². The highest BCUT2D eigenvalue weighted by atomic mass is 35.5. The van der Waals surface area contributed by atoms with Crippen LogP contribution in [0.3, 0.4) is 0 Å². The van der Waals surface area contributed by atoms with Crippen molar-refractivity contribution in [3.63, 3.8) is 0 Å². The molecule has 0 aromatic heterocycles. The van der Waals surface area contributed by atoms with E-state index in [4.69, 9.17) is 25.8 Å². The highest BCUT2D eigenvalue weighted by molar-refractivity contribution is 6.33. The molecule has 0 aliphatic carbocycles. The molecule has 1 N–H and O–H groups in total. The molecule has 0 aliphatic heterocycles. The van der Waals surface area contributed by atoms with E-state index in [9.17, 15) is 9.59 Å². The van der Waals surface area contributed by atoms with E-state index in [2.05, 4.69) is 5.32 Å². The third-order valence-corrected chi connectivity index (χ3v) is 4.17. The molecule has 0 bridgehead atoms. The third-order valence-electron chi connectivity index (χ3n) is 3.84. The molecule has 7 heteroatoms. The molecule has 0 aliphatic rings. The van der Waals surface area contributed by atoms with Crippen LogP contribution in [0.4, 0.5) is 5.69 Å². The zero-order chi connectivity index (χ0) is 19.8. The van der Waals surface area contributed by atoms with Crippen LogP contribution in [0.2, 0.25) is 5.02 Å². The van der Waals surface area contributed by atoms with Gasteiger partial charge in [0.25, 0.3) is 5.91 Å². The number of esters is 1. The fraction of sp³-hybridized carbons (Fsp3) is 0.300. The van der Waals surface area contributed by atoms with Crippen LogP contribution in [-0.2, 0) is 20.7 Å². The number of carbonyl (C=O) groups excluding carboxylic acids is 2. The molecule has 1 atom stereocenters. The van der Waals surface area contributed by atoms with Gasteiger partial charge in [-0.3, -0.25) is 9.59 Å². The van der Waals surface area contributed by atoms with Gasteiger partial charge in [0, 0.05) is 12.5 Å². The summed E-state index contributed by atoms with van der Waals surface area (Å²) in [4.78, 5) is 24.2. The van der Waals surface area contributed by atoms with Crippen LogP contribution >= 0.6 is 11.6 Å². The second kappa shape index (κ2) is 9.83. The van der Waals surface area contributed by atoms with E-state index in [-0.39, 0.29) is 6.42 Å². The average molecular weight is 392 g/mol. The zero-order valence-electron chi connectivity index (χ0n) is 15.5. The van der Waals surface area contributed by atoms with Gasteiger partial charge in [0.05, 0.1) is 24.9 Å². The van der Waals surface area contributed by atoms with Gasteiger partial charge in [0.1, 0.15) is 11.5 Å². The van der Waals surface area contributed by atoms with E-state index >= 15 is 0 Å². The van der Waals surface area contributed by atoms with Crippen LogP contribution in [0.15, 0.2) is 42.5 Å². The number of aryl methyl sites for hydroxylation is 1. The minimum atomic E-state index is -0.936. The standard InChI is InChI=1S/C20H22ClNO5/c1-13(20(24)22-18-7-5-4-6-17(18)21)27-19(23)9-8-14-10-15(25-2)12-16(11-14)26-3/h4-7,10-13H,8-9H2,1-3H3,(H,22,24)/t13-/m0/s1. The van der Waals surface area contributed by atoms with Gasteiger partial charge >= 0.3 is 5.97 Å². The summed E-state index contributed by atoms with van der Waals surface area (Å²) in [5, 5.41) is 3.05. The van der Waals surface area contributed by atoms with Crippen molar-refractivity contribution >= 4 is 29.2 Å². The number of hydrogen-bond acceptors (Lipinski definition) is 5. The largest absolute Gasteiger partial charge is 0.497 e. The Morgan fingerprint density at radius 2 is 1.70 bits per heavy atom. The first-order chi connectivity index (χ1) is 12.9. The lowest BCUT2D eigenvalue weighted by Gasteiger charge is -2.14. The SMILES string of the molecule is COc1cc(CCC(=O)O[C@@H](C)C(=O)Nc2ccccc2Cl)cc(OC)c1. The van der Waals surface area contributed by atoms with Gasteiger partial charge < -0.3 is 19.5 Å². The maximum absolute atomic E-state index is 12.2. The quantitative estimate of drug-likeness (QED) is 0.691. The fourth-order valence-electron chi connectivity index (χ4n) is 2.36. The molecule has 0 spiro atoms. The van der Waals surface area contributed by atoms with Crippen LogP contribution in [0.5, 0.6) is 11.5 Å². The second-order valence-corrected chi connectivity index (χ2v) is 6.23. The summed E-state index contributed by atoms with van der Waals surface area (Å²) >= 11 is 6.00. The van der Waals surface area contributed by atoms with Gasteiger partial charge in [-0.2, -0.15) is 0 Å². The van der Waals surface area contributed by atoms with Gasteiger partial charge in [0.2, 0.25) is 0 Å². The maximum Gasteiger partial charge on any atom is 0.306 e. The van der Waals surface area contributed by atoms with Crippen molar-refractivity contribution in [1.29, 1.82) is 0 Å². The van der Waals surface area contributed by atoms with Gasteiger partial charge in [-0.25, -0.2) is 0 Å². The average Bonchev–Trinajstić information content (AvgIpc) is 2.67. The van der Waals surface area contributed by atoms with Crippen LogP contribution in [0.1, 0.15) is 18.9 Å². The molecule has 2 rings (SSSR count). The van der Waals surface area contributed by atoms with Crippen molar-refractivity contribution in [1.82, 2.24) is 0 Å². The molecule has 0 unspecified atom stereocenters. The Hall–Kier alpha value is -2.73. The van der Waals surface area contributed by atoms with Crippen molar-refractivity contribution in [3.8, 4) is 11.5 Å². The van der Waals surface area contributed by atoms with Crippen molar-refractivity contribution in [2.45, 2.75) is 25.9 Å². The molecule has 6 nitrogen and oxygen atoms in total. The molecule has 0 radical (unpaired) electrons. The molecule has 27 heavy (non-hydrogen) atoms. The van der Waals surface area contributed by atoms with Crippen LogP contribution in [0, 0.1) is 0 Å². The van der Waals surface area contributed by atoms with Crippen LogP contribution in [-0.4, -0.2) is 32.2 Å². The predicted molar refractivity (Wildman–Crippen MR) is 104 cm³/mol. The first kappa shape index (κ1) is 20.6. The number of para-hydroxylation sites is 1. The van der Waals surface area contributed by atoms with Gasteiger partial charge in [0.15, 0.2) is 6.10 Å². The smallest absolute Gasteiger partial charge is 0.306 e. The normalized spacial score (nSPS) is 11.4.